The van der Waals surface area contributed by atoms with Gasteiger partial charge in [0.25, 0.3) is 0 Å². The maximum absolute atomic E-state index is 5.85. The van der Waals surface area contributed by atoms with Gasteiger partial charge in [-0.15, -0.1) is 0 Å². The number of benzene rings is 2. The number of imidazole rings is 1. The quantitative estimate of drug-likeness (QED) is 0.497. The van der Waals surface area contributed by atoms with Crippen LogP contribution in [0.3, 0.4) is 0 Å². The molecule has 0 aliphatic heterocycles. The van der Waals surface area contributed by atoms with E-state index in [1.165, 1.54) is 0 Å². The Morgan fingerprint density at radius 3 is 2.83 bits per heavy atom. The SMILES string of the molecule is CC=Cc1ccc(OCCSc2nc3ccccc3[nH]2)c(OC)c1. The maximum atomic E-state index is 5.85. The molecule has 1 aromatic heterocycles. The Balaban J connectivity index is 1.56. The zero-order chi connectivity index (χ0) is 16.8. The molecule has 5 heteroatoms. The van der Waals surface area contributed by atoms with E-state index in [1.807, 2.05) is 61.5 Å². The van der Waals surface area contributed by atoms with Crippen LogP contribution in [-0.2, 0) is 0 Å². The monoisotopic (exact) mass is 340 g/mol. The Hall–Kier alpha value is -2.40. The van der Waals surface area contributed by atoms with E-state index >= 15 is 0 Å². The van der Waals surface area contributed by atoms with E-state index in [4.69, 9.17) is 9.47 Å². The fourth-order valence-corrected chi connectivity index (χ4v) is 3.09. The Morgan fingerprint density at radius 2 is 2.04 bits per heavy atom. The van der Waals surface area contributed by atoms with Crippen molar-refractivity contribution in [1.29, 1.82) is 0 Å². The molecular formula is C19H20N2O2S. The third kappa shape index (κ3) is 3.92. The lowest BCUT2D eigenvalue weighted by atomic mass is 10.2. The van der Waals surface area contributed by atoms with E-state index in [2.05, 4.69) is 9.97 Å². The molecule has 0 aliphatic rings. The van der Waals surface area contributed by atoms with Crippen LogP contribution in [0.5, 0.6) is 11.5 Å². The third-order valence-corrected chi connectivity index (χ3v) is 4.33. The van der Waals surface area contributed by atoms with Gasteiger partial charge in [-0.2, -0.15) is 0 Å². The molecule has 0 radical (unpaired) electrons. The summed E-state index contributed by atoms with van der Waals surface area (Å²) in [6, 6.07) is 14.0. The van der Waals surface area contributed by atoms with Crippen molar-refractivity contribution in [3.8, 4) is 11.5 Å². The van der Waals surface area contributed by atoms with Crippen molar-refractivity contribution >= 4 is 28.9 Å². The summed E-state index contributed by atoms with van der Waals surface area (Å²) < 4.78 is 11.2. The minimum absolute atomic E-state index is 0.584. The number of aromatic amines is 1. The van der Waals surface area contributed by atoms with Crippen molar-refractivity contribution in [2.75, 3.05) is 19.5 Å². The van der Waals surface area contributed by atoms with E-state index < -0.39 is 0 Å². The van der Waals surface area contributed by atoms with Crippen LogP contribution in [-0.4, -0.2) is 29.4 Å². The number of hydrogen-bond donors (Lipinski definition) is 1. The number of nitrogens with zero attached hydrogens (tertiary/aromatic N) is 1. The maximum Gasteiger partial charge on any atom is 0.166 e. The van der Waals surface area contributed by atoms with E-state index in [0.29, 0.717) is 6.61 Å². The summed E-state index contributed by atoms with van der Waals surface area (Å²) in [5, 5.41) is 0.912. The highest BCUT2D eigenvalue weighted by Gasteiger charge is 2.06. The summed E-state index contributed by atoms with van der Waals surface area (Å²) in [6.07, 6.45) is 4.03. The lowest BCUT2D eigenvalue weighted by molar-refractivity contribution is 0.313. The highest BCUT2D eigenvalue weighted by Crippen LogP contribution is 2.29. The molecule has 3 aromatic rings. The van der Waals surface area contributed by atoms with Crippen LogP contribution in [0.25, 0.3) is 17.1 Å². The number of ether oxygens (including phenoxy) is 2. The Morgan fingerprint density at radius 1 is 1.17 bits per heavy atom. The Kier molecular flexibility index (Phi) is 5.43. The molecule has 0 spiro atoms. The van der Waals surface area contributed by atoms with Crippen molar-refractivity contribution in [3.05, 3.63) is 54.1 Å². The van der Waals surface area contributed by atoms with Gasteiger partial charge in [0.15, 0.2) is 16.7 Å². The molecule has 24 heavy (non-hydrogen) atoms. The van der Waals surface area contributed by atoms with Crippen LogP contribution in [0.2, 0.25) is 0 Å². The van der Waals surface area contributed by atoms with Crippen molar-refractivity contribution in [1.82, 2.24) is 9.97 Å². The van der Waals surface area contributed by atoms with Gasteiger partial charge in [0.1, 0.15) is 0 Å². The summed E-state index contributed by atoms with van der Waals surface area (Å²) in [6.45, 7) is 2.58. The molecule has 0 unspecified atom stereocenters. The van der Waals surface area contributed by atoms with Crippen LogP contribution < -0.4 is 9.47 Å². The minimum Gasteiger partial charge on any atom is -0.493 e. The predicted molar refractivity (Wildman–Crippen MR) is 100 cm³/mol. The molecule has 0 saturated carbocycles. The fraction of sp³-hybridized carbons (Fsp3) is 0.211. The molecule has 0 atom stereocenters. The second-order valence-corrected chi connectivity index (χ2v) is 6.25. The zero-order valence-electron chi connectivity index (χ0n) is 13.8. The summed E-state index contributed by atoms with van der Waals surface area (Å²) >= 11 is 1.65. The van der Waals surface area contributed by atoms with Gasteiger partial charge in [0.05, 0.1) is 24.8 Å². The van der Waals surface area contributed by atoms with Crippen LogP contribution in [0.4, 0.5) is 0 Å². The minimum atomic E-state index is 0.584. The number of allylic oxidation sites excluding steroid dienone is 1. The van der Waals surface area contributed by atoms with Gasteiger partial charge in [-0.25, -0.2) is 4.98 Å². The fourth-order valence-electron chi connectivity index (χ4n) is 2.39. The number of fused-ring (bicyclic) bond motifs is 1. The number of H-pyrrole nitrogens is 1. The highest BCUT2D eigenvalue weighted by atomic mass is 32.2. The second kappa shape index (κ2) is 7.93. The van der Waals surface area contributed by atoms with Crippen LogP contribution >= 0.6 is 11.8 Å². The largest absolute Gasteiger partial charge is 0.493 e. The number of nitrogens with one attached hydrogen (secondary N) is 1. The normalized spacial score (nSPS) is 11.2. The molecule has 2 aromatic carbocycles. The first-order chi connectivity index (χ1) is 11.8. The van der Waals surface area contributed by atoms with Gasteiger partial charge in [0.2, 0.25) is 0 Å². The number of para-hydroxylation sites is 2. The van der Waals surface area contributed by atoms with Crippen molar-refractivity contribution in [2.45, 2.75) is 12.1 Å². The van der Waals surface area contributed by atoms with E-state index in [9.17, 15) is 0 Å². The average Bonchev–Trinajstić information content (AvgIpc) is 3.02. The van der Waals surface area contributed by atoms with E-state index in [0.717, 1.165) is 39.0 Å². The number of rotatable bonds is 7. The molecule has 0 bridgehead atoms. The van der Waals surface area contributed by atoms with Gasteiger partial charge >= 0.3 is 0 Å². The van der Waals surface area contributed by atoms with Gasteiger partial charge in [-0.3, -0.25) is 0 Å². The first-order valence-corrected chi connectivity index (χ1v) is 8.80. The summed E-state index contributed by atoms with van der Waals surface area (Å²) in [5.41, 5.74) is 3.14. The predicted octanol–water partition coefficient (Wildman–Crippen LogP) is 4.78. The number of aromatic nitrogens is 2. The third-order valence-electron chi connectivity index (χ3n) is 3.49. The van der Waals surface area contributed by atoms with Gasteiger partial charge < -0.3 is 14.5 Å². The first-order valence-electron chi connectivity index (χ1n) is 7.81. The van der Waals surface area contributed by atoms with Crippen molar-refractivity contribution in [2.24, 2.45) is 0 Å². The van der Waals surface area contributed by atoms with Crippen LogP contribution in [0.15, 0.2) is 53.7 Å². The molecule has 3 rings (SSSR count). The average molecular weight is 340 g/mol. The van der Waals surface area contributed by atoms with E-state index in [1.54, 1.807) is 18.9 Å². The molecule has 4 nitrogen and oxygen atoms in total. The first kappa shape index (κ1) is 16.5. The number of thioether (sulfide) groups is 1. The van der Waals surface area contributed by atoms with Crippen LogP contribution in [0.1, 0.15) is 12.5 Å². The summed E-state index contributed by atoms with van der Waals surface area (Å²) in [4.78, 5) is 7.84. The van der Waals surface area contributed by atoms with Gasteiger partial charge in [-0.05, 0) is 36.8 Å². The molecule has 0 fully saturated rings. The summed E-state index contributed by atoms with van der Waals surface area (Å²) in [7, 11) is 1.66. The Labute approximate surface area is 145 Å². The van der Waals surface area contributed by atoms with Gasteiger partial charge in [0, 0.05) is 5.75 Å². The van der Waals surface area contributed by atoms with Crippen LogP contribution in [0, 0.1) is 0 Å². The molecule has 0 amide bonds. The smallest absolute Gasteiger partial charge is 0.166 e. The van der Waals surface area contributed by atoms with Crippen molar-refractivity contribution in [3.63, 3.8) is 0 Å². The van der Waals surface area contributed by atoms with Gasteiger partial charge in [-0.1, -0.05) is 42.1 Å². The lowest BCUT2D eigenvalue weighted by Gasteiger charge is -2.11. The number of methoxy groups -OCH3 is 1. The molecule has 0 aliphatic carbocycles. The molecule has 0 saturated heterocycles. The second-order valence-electron chi connectivity index (χ2n) is 5.17. The number of hydrogen-bond acceptors (Lipinski definition) is 4. The van der Waals surface area contributed by atoms with Crippen molar-refractivity contribution < 1.29 is 9.47 Å². The summed E-state index contributed by atoms with van der Waals surface area (Å²) in [5.74, 6) is 2.31. The Bertz CT molecular complexity index is 809. The zero-order valence-corrected chi connectivity index (χ0v) is 14.6. The molecular weight excluding hydrogens is 320 g/mol. The highest BCUT2D eigenvalue weighted by molar-refractivity contribution is 7.99. The lowest BCUT2D eigenvalue weighted by Crippen LogP contribution is -2.02. The molecule has 1 heterocycles. The van der Waals surface area contributed by atoms with E-state index in [-0.39, 0.29) is 0 Å². The topological polar surface area (TPSA) is 47.1 Å². The molecule has 124 valence electrons. The standard InChI is InChI=1S/C19H20N2O2S/c1-3-6-14-9-10-17(18(13-14)22-2)23-11-12-24-19-20-15-7-4-5-8-16(15)21-19/h3-10,13H,11-12H2,1-2H3,(H,20,21). The molecule has 1 N–H and O–H groups in total.